The molecule has 1 aromatic carbocycles. The summed E-state index contributed by atoms with van der Waals surface area (Å²) in [7, 11) is 0. The van der Waals surface area contributed by atoms with E-state index in [0.717, 1.165) is 32.4 Å². The molecule has 0 aliphatic carbocycles. The average molecular weight is 329 g/mol. The lowest BCUT2D eigenvalue weighted by Gasteiger charge is -2.30. The van der Waals surface area contributed by atoms with Crippen LogP contribution < -0.4 is 15.0 Å². The summed E-state index contributed by atoms with van der Waals surface area (Å²) in [5, 5.41) is 3.34. The summed E-state index contributed by atoms with van der Waals surface area (Å²) >= 11 is 0. The van der Waals surface area contributed by atoms with Crippen molar-refractivity contribution in [1.29, 1.82) is 0 Å². The van der Waals surface area contributed by atoms with Crippen molar-refractivity contribution < 1.29 is 13.9 Å². The molecule has 1 amide bonds. The fourth-order valence-corrected chi connectivity index (χ4v) is 3.09. The van der Waals surface area contributed by atoms with Crippen LogP contribution in [0.15, 0.2) is 18.2 Å². The van der Waals surface area contributed by atoms with E-state index in [-0.39, 0.29) is 24.1 Å². The Kier molecular flexibility index (Phi) is 6.03. The second kappa shape index (κ2) is 7.79. The molecule has 22 heavy (non-hydrogen) atoms. The maximum Gasteiger partial charge on any atom is 0.227 e. The number of ether oxygens (including phenoxy) is 1. The van der Waals surface area contributed by atoms with Crippen molar-refractivity contribution >= 4 is 24.0 Å². The normalized spacial score (nSPS) is 18.1. The topological polar surface area (TPSA) is 41.6 Å². The Morgan fingerprint density at radius 3 is 2.91 bits per heavy atom. The van der Waals surface area contributed by atoms with Crippen LogP contribution in [0.1, 0.15) is 25.7 Å². The molecule has 0 atom stereocenters. The van der Waals surface area contributed by atoms with E-state index in [1.54, 1.807) is 11.0 Å². The van der Waals surface area contributed by atoms with Crippen LogP contribution in [0.5, 0.6) is 5.75 Å². The molecular weight excluding hydrogens is 307 g/mol. The van der Waals surface area contributed by atoms with E-state index in [0.29, 0.717) is 36.9 Å². The number of anilines is 1. The monoisotopic (exact) mass is 328 g/mol. The number of amides is 1. The number of carbonyl (C=O) groups is 1. The van der Waals surface area contributed by atoms with Crippen LogP contribution in [0.3, 0.4) is 0 Å². The zero-order valence-corrected chi connectivity index (χ0v) is 13.3. The van der Waals surface area contributed by atoms with Gasteiger partial charge in [-0.1, -0.05) is 0 Å². The van der Waals surface area contributed by atoms with Crippen LogP contribution in [0, 0.1) is 11.7 Å². The third-order valence-corrected chi connectivity index (χ3v) is 4.31. The molecule has 6 heteroatoms. The second-order valence-corrected chi connectivity index (χ2v) is 5.74. The fourth-order valence-electron chi connectivity index (χ4n) is 3.09. The van der Waals surface area contributed by atoms with E-state index in [9.17, 15) is 9.18 Å². The fraction of sp³-hybridized carbons (Fsp3) is 0.562. The molecule has 0 spiro atoms. The SMILES string of the molecule is Cl.O=C(CCC1CCNCC1)N1CCOc2cc(F)ccc21. The quantitative estimate of drug-likeness (QED) is 0.927. The van der Waals surface area contributed by atoms with Gasteiger partial charge in [0.05, 0.1) is 12.2 Å². The Morgan fingerprint density at radius 1 is 1.36 bits per heavy atom. The minimum atomic E-state index is -0.335. The van der Waals surface area contributed by atoms with Gasteiger partial charge in [0.15, 0.2) is 0 Å². The first-order valence-corrected chi connectivity index (χ1v) is 7.67. The third-order valence-electron chi connectivity index (χ3n) is 4.31. The van der Waals surface area contributed by atoms with Gasteiger partial charge in [0.25, 0.3) is 0 Å². The van der Waals surface area contributed by atoms with Gasteiger partial charge in [-0.2, -0.15) is 0 Å². The molecule has 0 radical (unpaired) electrons. The molecule has 2 heterocycles. The number of benzene rings is 1. The summed E-state index contributed by atoms with van der Waals surface area (Å²) in [5.41, 5.74) is 0.693. The minimum absolute atomic E-state index is 0. The number of carbonyl (C=O) groups excluding carboxylic acids is 1. The molecular formula is C16H22ClFN2O2. The molecule has 3 rings (SSSR count). The Labute approximate surface area is 136 Å². The lowest BCUT2D eigenvalue weighted by Crippen LogP contribution is -2.38. The Balaban J connectivity index is 0.00000176. The molecule has 4 nitrogen and oxygen atoms in total. The summed E-state index contributed by atoms with van der Waals surface area (Å²) < 4.78 is 18.7. The highest BCUT2D eigenvalue weighted by Gasteiger charge is 2.24. The van der Waals surface area contributed by atoms with Crippen molar-refractivity contribution in [2.75, 3.05) is 31.1 Å². The van der Waals surface area contributed by atoms with Crippen molar-refractivity contribution in [3.8, 4) is 5.75 Å². The number of nitrogens with one attached hydrogen (secondary N) is 1. The van der Waals surface area contributed by atoms with Crippen molar-refractivity contribution in [1.82, 2.24) is 5.32 Å². The van der Waals surface area contributed by atoms with E-state index in [1.807, 2.05) is 0 Å². The second-order valence-electron chi connectivity index (χ2n) is 5.74. The molecule has 1 saturated heterocycles. The Morgan fingerprint density at radius 2 is 2.14 bits per heavy atom. The van der Waals surface area contributed by atoms with E-state index in [2.05, 4.69) is 5.32 Å². The summed E-state index contributed by atoms with van der Waals surface area (Å²) in [6.07, 6.45) is 3.80. The van der Waals surface area contributed by atoms with Crippen LogP contribution in [0.2, 0.25) is 0 Å². The van der Waals surface area contributed by atoms with Gasteiger partial charge in [-0.25, -0.2) is 4.39 Å². The van der Waals surface area contributed by atoms with Crippen LogP contribution in [0.25, 0.3) is 0 Å². The Hall–Kier alpha value is -1.33. The summed E-state index contributed by atoms with van der Waals surface area (Å²) in [4.78, 5) is 14.2. The van der Waals surface area contributed by atoms with Crippen molar-refractivity contribution in [3.05, 3.63) is 24.0 Å². The lowest BCUT2D eigenvalue weighted by molar-refractivity contribution is -0.119. The maximum absolute atomic E-state index is 13.2. The first kappa shape index (κ1) is 17.0. The number of hydrogen-bond donors (Lipinski definition) is 1. The molecule has 0 bridgehead atoms. The smallest absolute Gasteiger partial charge is 0.227 e. The van der Waals surface area contributed by atoms with E-state index in [4.69, 9.17) is 4.74 Å². The zero-order valence-electron chi connectivity index (χ0n) is 12.5. The predicted octanol–water partition coefficient (Wildman–Crippen LogP) is 2.75. The molecule has 0 aromatic heterocycles. The highest BCUT2D eigenvalue weighted by Crippen LogP contribution is 2.33. The summed E-state index contributed by atoms with van der Waals surface area (Å²) in [6.45, 7) is 3.08. The van der Waals surface area contributed by atoms with Gasteiger partial charge in [0, 0.05) is 12.5 Å². The number of fused-ring (bicyclic) bond motifs is 1. The minimum Gasteiger partial charge on any atom is -0.489 e. The van der Waals surface area contributed by atoms with E-state index in [1.165, 1.54) is 12.1 Å². The molecule has 2 aliphatic heterocycles. The first-order chi connectivity index (χ1) is 10.2. The van der Waals surface area contributed by atoms with Crippen LogP contribution >= 0.6 is 12.4 Å². The molecule has 2 aliphatic rings. The Bertz CT molecular complexity index is 521. The maximum atomic E-state index is 13.2. The highest BCUT2D eigenvalue weighted by atomic mass is 35.5. The zero-order chi connectivity index (χ0) is 14.7. The third kappa shape index (κ3) is 3.90. The van der Waals surface area contributed by atoms with Gasteiger partial charge >= 0.3 is 0 Å². The molecule has 1 fully saturated rings. The molecule has 1 aromatic rings. The predicted molar refractivity (Wildman–Crippen MR) is 86.3 cm³/mol. The van der Waals surface area contributed by atoms with Crippen molar-refractivity contribution in [3.63, 3.8) is 0 Å². The van der Waals surface area contributed by atoms with Gasteiger partial charge in [0.1, 0.15) is 18.2 Å². The van der Waals surface area contributed by atoms with E-state index >= 15 is 0 Å². The van der Waals surface area contributed by atoms with Crippen molar-refractivity contribution in [2.24, 2.45) is 5.92 Å². The number of rotatable bonds is 3. The van der Waals surface area contributed by atoms with Crippen molar-refractivity contribution in [2.45, 2.75) is 25.7 Å². The van der Waals surface area contributed by atoms with Crippen LogP contribution in [-0.4, -0.2) is 32.1 Å². The van der Waals surface area contributed by atoms with Crippen LogP contribution in [-0.2, 0) is 4.79 Å². The van der Waals surface area contributed by atoms with Gasteiger partial charge in [0.2, 0.25) is 5.91 Å². The molecule has 122 valence electrons. The van der Waals surface area contributed by atoms with E-state index < -0.39 is 0 Å². The number of nitrogens with zero attached hydrogens (tertiary/aromatic N) is 1. The number of piperidine rings is 1. The van der Waals surface area contributed by atoms with Gasteiger partial charge in [-0.3, -0.25) is 4.79 Å². The molecule has 0 saturated carbocycles. The largest absolute Gasteiger partial charge is 0.489 e. The van der Waals surface area contributed by atoms with Crippen LogP contribution in [0.4, 0.5) is 10.1 Å². The molecule has 1 N–H and O–H groups in total. The number of hydrogen-bond acceptors (Lipinski definition) is 3. The molecule has 0 unspecified atom stereocenters. The average Bonchev–Trinajstić information content (AvgIpc) is 2.52. The highest BCUT2D eigenvalue weighted by molar-refractivity contribution is 5.95. The first-order valence-electron chi connectivity index (χ1n) is 7.67. The number of halogens is 2. The summed E-state index contributed by atoms with van der Waals surface area (Å²) in [5.74, 6) is 0.892. The van der Waals surface area contributed by atoms with Gasteiger partial charge < -0.3 is 15.0 Å². The van der Waals surface area contributed by atoms with Gasteiger partial charge in [-0.05, 0) is 50.4 Å². The van der Waals surface area contributed by atoms with Gasteiger partial charge in [-0.15, -0.1) is 12.4 Å². The summed E-state index contributed by atoms with van der Waals surface area (Å²) in [6, 6.07) is 4.36. The standard InChI is InChI=1S/C16H21FN2O2.ClH/c17-13-2-3-14-15(11-13)21-10-9-19(14)16(20)4-1-12-5-7-18-8-6-12;/h2-3,11-12,18H,1,4-10H2;1H. The lowest BCUT2D eigenvalue weighted by atomic mass is 9.93.